The van der Waals surface area contributed by atoms with Gasteiger partial charge in [0.25, 0.3) is 0 Å². The number of nitrogens with zero attached hydrogens (tertiary/aromatic N) is 4. The fourth-order valence-electron chi connectivity index (χ4n) is 3.34. The van der Waals surface area contributed by atoms with Crippen molar-refractivity contribution in [3.8, 4) is 16.9 Å². The topological polar surface area (TPSA) is 43.6 Å². The molecule has 0 unspecified atom stereocenters. The summed E-state index contributed by atoms with van der Waals surface area (Å²) in [6, 6.07) is 24.4. The van der Waals surface area contributed by atoms with Gasteiger partial charge >= 0.3 is 0 Å². The van der Waals surface area contributed by atoms with Gasteiger partial charge in [-0.05, 0) is 31.2 Å². The summed E-state index contributed by atoms with van der Waals surface area (Å²) in [6.07, 6.45) is 1.88. The maximum Gasteiger partial charge on any atom is 0.165 e. The van der Waals surface area contributed by atoms with Gasteiger partial charge in [-0.2, -0.15) is 5.10 Å². The Morgan fingerprint density at radius 3 is 2.31 bits per heavy atom. The molecule has 0 saturated carbocycles. The molecule has 0 spiro atoms. The first-order valence-electron chi connectivity index (χ1n) is 8.57. The first-order valence-corrected chi connectivity index (χ1v) is 8.57. The second-order valence-electron chi connectivity index (χ2n) is 6.29. The summed E-state index contributed by atoms with van der Waals surface area (Å²) in [5.74, 6) is 0. The number of hydrogen-bond acceptors (Lipinski definition) is 3. The molecule has 0 aliphatic carbocycles. The fourth-order valence-corrected chi connectivity index (χ4v) is 3.34. The lowest BCUT2D eigenvalue weighted by Crippen LogP contribution is -1.97. The van der Waals surface area contributed by atoms with Crippen molar-refractivity contribution in [3.63, 3.8) is 0 Å². The lowest BCUT2D eigenvalue weighted by Gasteiger charge is -2.05. The molecule has 3 heterocycles. The van der Waals surface area contributed by atoms with Crippen LogP contribution >= 0.6 is 0 Å². The van der Waals surface area contributed by atoms with Crippen molar-refractivity contribution in [2.75, 3.05) is 0 Å². The normalized spacial score (nSPS) is 11.3. The van der Waals surface area contributed by atoms with Gasteiger partial charge in [0.2, 0.25) is 0 Å². The van der Waals surface area contributed by atoms with Gasteiger partial charge in [0, 0.05) is 17.1 Å². The quantitative estimate of drug-likeness (QED) is 0.458. The third kappa shape index (κ3) is 2.27. The summed E-state index contributed by atoms with van der Waals surface area (Å²) in [7, 11) is 0. The maximum absolute atomic E-state index is 4.95. The number of aromatic nitrogens is 4. The first-order chi connectivity index (χ1) is 12.8. The molecule has 0 bridgehead atoms. The standard InChI is InChI=1S/C22H16N4/c1-15-20-21-17(12-13-19(24-21)16-8-4-2-5-9-16)14-23-22(20)26(25-15)18-10-6-3-7-11-18/h2-14H,1H3. The molecule has 26 heavy (non-hydrogen) atoms. The van der Waals surface area contributed by atoms with Gasteiger partial charge in [-0.1, -0.05) is 48.5 Å². The second-order valence-corrected chi connectivity index (χ2v) is 6.29. The summed E-state index contributed by atoms with van der Waals surface area (Å²) in [5, 5.41) is 6.75. The first kappa shape index (κ1) is 14.8. The zero-order valence-corrected chi connectivity index (χ0v) is 14.3. The third-order valence-corrected chi connectivity index (χ3v) is 4.60. The molecule has 2 aromatic carbocycles. The van der Waals surface area contributed by atoms with Gasteiger partial charge in [-0.25, -0.2) is 14.6 Å². The molecule has 124 valence electrons. The predicted molar refractivity (Wildman–Crippen MR) is 104 cm³/mol. The Labute approximate surface area is 150 Å². The summed E-state index contributed by atoms with van der Waals surface area (Å²) >= 11 is 0. The fraction of sp³-hybridized carbons (Fsp3) is 0.0455. The van der Waals surface area contributed by atoms with Crippen LogP contribution in [0.1, 0.15) is 5.69 Å². The molecule has 0 saturated heterocycles. The number of aryl methyl sites for hydroxylation is 1. The van der Waals surface area contributed by atoms with E-state index >= 15 is 0 Å². The molecule has 0 amide bonds. The van der Waals surface area contributed by atoms with E-state index in [0.29, 0.717) is 0 Å². The van der Waals surface area contributed by atoms with Crippen LogP contribution in [0.15, 0.2) is 79.0 Å². The van der Waals surface area contributed by atoms with E-state index in [-0.39, 0.29) is 0 Å². The molecule has 0 aliphatic rings. The van der Waals surface area contributed by atoms with Crippen LogP contribution in [-0.4, -0.2) is 19.7 Å². The van der Waals surface area contributed by atoms with Crippen LogP contribution in [0.3, 0.4) is 0 Å². The Kier molecular flexibility index (Phi) is 3.28. The molecule has 5 aromatic rings. The lowest BCUT2D eigenvalue weighted by molar-refractivity contribution is 0.878. The molecule has 0 aliphatic heterocycles. The van der Waals surface area contributed by atoms with Crippen molar-refractivity contribution in [2.24, 2.45) is 0 Å². The molecule has 0 N–H and O–H groups in total. The van der Waals surface area contributed by atoms with E-state index in [1.807, 2.05) is 72.4 Å². The molecular formula is C22H16N4. The van der Waals surface area contributed by atoms with Gasteiger partial charge in [0.1, 0.15) is 0 Å². The van der Waals surface area contributed by atoms with Crippen molar-refractivity contribution in [2.45, 2.75) is 6.92 Å². The smallest absolute Gasteiger partial charge is 0.165 e. The molecule has 0 atom stereocenters. The summed E-state index contributed by atoms with van der Waals surface area (Å²) in [5.41, 5.74) is 5.76. The Bertz CT molecular complexity index is 1220. The monoisotopic (exact) mass is 336 g/mol. The number of para-hydroxylation sites is 1. The highest BCUT2D eigenvalue weighted by Gasteiger charge is 2.15. The van der Waals surface area contributed by atoms with E-state index in [0.717, 1.165) is 44.6 Å². The van der Waals surface area contributed by atoms with E-state index in [2.05, 4.69) is 23.2 Å². The maximum atomic E-state index is 4.95. The highest BCUT2D eigenvalue weighted by atomic mass is 15.3. The van der Waals surface area contributed by atoms with Gasteiger partial charge in [-0.3, -0.25) is 0 Å². The summed E-state index contributed by atoms with van der Waals surface area (Å²) in [6.45, 7) is 2.01. The van der Waals surface area contributed by atoms with Crippen LogP contribution in [0.25, 0.3) is 38.9 Å². The van der Waals surface area contributed by atoms with Gasteiger partial charge < -0.3 is 0 Å². The largest absolute Gasteiger partial charge is 0.247 e. The highest BCUT2D eigenvalue weighted by molar-refractivity contribution is 6.04. The lowest BCUT2D eigenvalue weighted by atomic mass is 10.1. The van der Waals surface area contributed by atoms with Gasteiger partial charge in [0.15, 0.2) is 5.65 Å². The average Bonchev–Trinajstić information content (AvgIpc) is 3.06. The predicted octanol–water partition coefficient (Wildman–Crippen LogP) is 4.94. The molecule has 3 aromatic heterocycles. The molecular weight excluding hydrogens is 320 g/mol. The van der Waals surface area contributed by atoms with Crippen molar-refractivity contribution in [1.82, 2.24) is 19.7 Å². The van der Waals surface area contributed by atoms with Crippen LogP contribution in [0.5, 0.6) is 0 Å². The van der Waals surface area contributed by atoms with Crippen LogP contribution < -0.4 is 0 Å². The SMILES string of the molecule is Cc1nn(-c2ccccc2)c2ncc3ccc(-c4ccccc4)nc3c12. The van der Waals surface area contributed by atoms with E-state index in [9.17, 15) is 0 Å². The van der Waals surface area contributed by atoms with Gasteiger partial charge in [-0.15, -0.1) is 0 Å². The van der Waals surface area contributed by atoms with E-state index in [1.54, 1.807) is 0 Å². The van der Waals surface area contributed by atoms with Crippen LogP contribution in [-0.2, 0) is 0 Å². The minimum absolute atomic E-state index is 0.832. The Morgan fingerprint density at radius 1 is 0.808 bits per heavy atom. The number of pyridine rings is 2. The van der Waals surface area contributed by atoms with Gasteiger partial charge in [0.05, 0.1) is 28.0 Å². The van der Waals surface area contributed by atoms with Crippen LogP contribution in [0, 0.1) is 6.92 Å². The molecule has 4 nitrogen and oxygen atoms in total. The second kappa shape index (κ2) is 5.77. The van der Waals surface area contributed by atoms with E-state index in [4.69, 9.17) is 10.1 Å². The Balaban J connectivity index is 1.81. The zero-order valence-electron chi connectivity index (χ0n) is 14.3. The Morgan fingerprint density at radius 2 is 1.54 bits per heavy atom. The minimum Gasteiger partial charge on any atom is -0.247 e. The zero-order chi connectivity index (χ0) is 17.5. The van der Waals surface area contributed by atoms with E-state index in [1.165, 1.54) is 0 Å². The van der Waals surface area contributed by atoms with Crippen LogP contribution in [0.4, 0.5) is 0 Å². The number of hydrogen-bond donors (Lipinski definition) is 0. The number of fused-ring (bicyclic) bond motifs is 3. The average molecular weight is 336 g/mol. The number of benzene rings is 2. The van der Waals surface area contributed by atoms with Crippen molar-refractivity contribution in [1.29, 1.82) is 0 Å². The van der Waals surface area contributed by atoms with Crippen LogP contribution in [0.2, 0.25) is 0 Å². The molecule has 4 heteroatoms. The third-order valence-electron chi connectivity index (χ3n) is 4.60. The Hall–Kier alpha value is -3.53. The summed E-state index contributed by atoms with van der Waals surface area (Å²) < 4.78 is 1.89. The van der Waals surface area contributed by atoms with Crippen molar-refractivity contribution < 1.29 is 0 Å². The summed E-state index contributed by atoms with van der Waals surface area (Å²) in [4.78, 5) is 9.62. The highest BCUT2D eigenvalue weighted by Crippen LogP contribution is 2.29. The van der Waals surface area contributed by atoms with Crippen molar-refractivity contribution >= 4 is 21.9 Å². The van der Waals surface area contributed by atoms with Crippen molar-refractivity contribution in [3.05, 3.63) is 84.7 Å². The van der Waals surface area contributed by atoms with E-state index < -0.39 is 0 Å². The minimum atomic E-state index is 0.832. The molecule has 0 radical (unpaired) electrons. The molecule has 0 fully saturated rings. The number of rotatable bonds is 2. The molecule has 5 rings (SSSR count).